The lowest BCUT2D eigenvalue weighted by atomic mass is 10.1. The van der Waals surface area contributed by atoms with Crippen molar-refractivity contribution in [2.24, 2.45) is 0 Å². The van der Waals surface area contributed by atoms with E-state index in [2.05, 4.69) is 40.3 Å². The van der Waals surface area contributed by atoms with Crippen molar-refractivity contribution in [2.45, 2.75) is 20.1 Å². The van der Waals surface area contributed by atoms with Gasteiger partial charge in [-0.2, -0.15) is 0 Å². The summed E-state index contributed by atoms with van der Waals surface area (Å²) < 4.78 is 17.6. The molecular formula is C20H26BrNO4. The Morgan fingerprint density at radius 3 is 2.69 bits per heavy atom. The van der Waals surface area contributed by atoms with Gasteiger partial charge in [0, 0.05) is 13.1 Å². The quantitative estimate of drug-likeness (QED) is 0.542. The molecule has 0 aromatic heterocycles. The summed E-state index contributed by atoms with van der Waals surface area (Å²) in [6.07, 6.45) is 0. The number of aryl methyl sites for hydroxylation is 1. The first kappa shape index (κ1) is 20.7. The summed E-state index contributed by atoms with van der Waals surface area (Å²) in [7, 11) is 1.64. The van der Waals surface area contributed by atoms with E-state index in [1.165, 1.54) is 5.56 Å². The van der Waals surface area contributed by atoms with Crippen molar-refractivity contribution >= 4 is 15.9 Å². The second-order valence-electron chi connectivity index (χ2n) is 5.90. The number of rotatable bonds is 11. The van der Waals surface area contributed by atoms with Crippen LogP contribution in [-0.4, -0.2) is 38.6 Å². The predicted molar refractivity (Wildman–Crippen MR) is 106 cm³/mol. The maximum atomic E-state index is 8.67. The minimum atomic E-state index is 0.0498. The first-order valence-electron chi connectivity index (χ1n) is 8.58. The van der Waals surface area contributed by atoms with Crippen LogP contribution in [0.15, 0.2) is 40.9 Å². The Bertz CT molecular complexity index is 694. The van der Waals surface area contributed by atoms with Gasteiger partial charge >= 0.3 is 0 Å². The van der Waals surface area contributed by atoms with Crippen molar-refractivity contribution in [1.82, 2.24) is 5.32 Å². The second kappa shape index (κ2) is 11.2. The second-order valence-corrected chi connectivity index (χ2v) is 6.75. The summed E-state index contributed by atoms with van der Waals surface area (Å²) in [6, 6.07) is 12.2. The monoisotopic (exact) mass is 423 g/mol. The highest BCUT2D eigenvalue weighted by molar-refractivity contribution is 9.10. The maximum absolute atomic E-state index is 8.67. The Kier molecular flexibility index (Phi) is 8.91. The van der Waals surface area contributed by atoms with E-state index in [0.29, 0.717) is 44.4 Å². The molecule has 2 aromatic carbocycles. The van der Waals surface area contributed by atoms with Crippen molar-refractivity contribution in [3.63, 3.8) is 0 Å². The molecule has 0 aliphatic heterocycles. The van der Waals surface area contributed by atoms with Crippen molar-refractivity contribution in [1.29, 1.82) is 0 Å². The number of ether oxygens (including phenoxy) is 3. The van der Waals surface area contributed by atoms with Gasteiger partial charge in [0.05, 0.1) is 31.4 Å². The lowest BCUT2D eigenvalue weighted by Gasteiger charge is -2.15. The molecule has 6 heteroatoms. The number of hydrogen-bond acceptors (Lipinski definition) is 5. The molecule has 0 saturated heterocycles. The average molecular weight is 424 g/mol. The smallest absolute Gasteiger partial charge is 0.175 e. The molecule has 0 fully saturated rings. The average Bonchev–Trinajstić information content (AvgIpc) is 2.63. The molecule has 0 spiro atoms. The molecule has 0 aliphatic carbocycles. The van der Waals surface area contributed by atoms with Gasteiger partial charge in [0.25, 0.3) is 0 Å². The van der Waals surface area contributed by atoms with Crippen LogP contribution in [0.25, 0.3) is 0 Å². The Balaban J connectivity index is 1.95. The highest BCUT2D eigenvalue weighted by atomic mass is 79.9. The predicted octanol–water partition coefficient (Wildman–Crippen LogP) is 3.44. The van der Waals surface area contributed by atoms with Crippen LogP contribution in [0.3, 0.4) is 0 Å². The van der Waals surface area contributed by atoms with Crippen molar-refractivity contribution < 1.29 is 19.3 Å². The number of halogens is 1. The molecular weight excluding hydrogens is 398 g/mol. The number of aliphatic hydroxyl groups excluding tert-OH is 1. The highest BCUT2D eigenvalue weighted by Gasteiger charge is 2.12. The van der Waals surface area contributed by atoms with Gasteiger partial charge in [0.15, 0.2) is 11.5 Å². The molecule has 26 heavy (non-hydrogen) atoms. The van der Waals surface area contributed by atoms with Crippen LogP contribution in [0.5, 0.6) is 11.5 Å². The SMILES string of the molecule is COc1cc(CNCCOCCO)cc(Br)c1OCc1cccc(C)c1. The van der Waals surface area contributed by atoms with Crippen LogP contribution in [0.1, 0.15) is 16.7 Å². The Morgan fingerprint density at radius 2 is 1.96 bits per heavy atom. The van der Waals surface area contributed by atoms with E-state index in [4.69, 9.17) is 19.3 Å². The molecule has 0 atom stereocenters. The van der Waals surface area contributed by atoms with Gasteiger partial charge in [-0.3, -0.25) is 0 Å². The van der Waals surface area contributed by atoms with Crippen molar-refractivity contribution in [3.05, 3.63) is 57.6 Å². The van der Waals surface area contributed by atoms with E-state index < -0.39 is 0 Å². The molecule has 0 heterocycles. The third-order valence-electron chi connectivity index (χ3n) is 3.74. The Hall–Kier alpha value is -1.60. The van der Waals surface area contributed by atoms with Gasteiger partial charge in [0.1, 0.15) is 6.61 Å². The Labute approximate surface area is 163 Å². The fourth-order valence-corrected chi connectivity index (χ4v) is 3.12. The molecule has 0 radical (unpaired) electrons. The number of methoxy groups -OCH3 is 1. The number of benzene rings is 2. The third kappa shape index (κ3) is 6.61. The van der Waals surface area contributed by atoms with Crippen LogP contribution in [0.2, 0.25) is 0 Å². The van der Waals surface area contributed by atoms with Gasteiger partial charge in [-0.1, -0.05) is 29.8 Å². The largest absolute Gasteiger partial charge is 0.493 e. The van der Waals surface area contributed by atoms with Gasteiger partial charge < -0.3 is 24.6 Å². The van der Waals surface area contributed by atoms with E-state index in [-0.39, 0.29) is 6.61 Å². The van der Waals surface area contributed by atoms with E-state index in [1.54, 1.807) is 7.11 Å². The minimum absolute atomic E-state index is 0.0498. The summed E-state index contributed by atoms with van der Waals surface area (Å²) in [4.78, 5) is 0. The molecule has 0 aliphatic rings. The molecule has 2 rings (SSSR count). The van der Waals surface area contributed by atoms with Gasteiger partial charge in [-0.25, -0.2) is 0 Å². The van der Waals surface area contributed by atoms with Gasteiger partial charge in [-0.15, -0.1) is 0 Å². The number of aliphatic hydroxyl groups is 1. The standard InChI is InChI=1S/C20H26BrNO4/c1-15-4-3-5-16(10-15)14-26-20-18(21)11-17(12-19(20)24-2)13-22-6-8-25-9-7-23/h3-5,10-12,22-23H,6-9,13-14H2,1-2H3. The first-order valence-corrected chi connectivity index (χ1v) is 9.37. The molecule has 0 bridgehead atoms. The lowest BCUT2D eigenvalue weighted by molar-refractivity contribution is 0.0938. The third-order valence-corrected chi connectivity index (χ3v) is 4.33. The van der Waals surface area contributed by atoms with Crippen LogP contribution in [0.4, 0.5) is 0 Å². The molecule has 2 N–H and O–H groups in total. The summed E-state index contributed by atoms with van der Waals surface area (Å²) in [5, 5.41) is 12.0. The molecule has 0 amide bonds. The molecule has 0 unspecified atom stereocenters. The zero-order valence-corrected chi connectivity index (χ0v) is 16.8. The topological polar surface area (TPSA) is 60.0 Å². The zero-order valence-electron chi connectivity index (χ0n) is 15.3. The van der Waals surface area contributed by atoms with Crippen LogP contribution >= 0.6 is 15.9 Å². The van der Waals surface area contributed by atoms with E-state index in [0.717, 1.165) is 15.6 Å². The highest BCUT2D eigenvalue weighted by Crippen LogP contribution is 2.37. The van der Waals surface area contributed by atoms with Gasteiger partial charge in [0.2, 0.25) is 0 Å². The summed E-state index contributed by atoms with van der Waals surface area (Å²) in [5.41, 5.74) is 3.41. The van der Waals surface area contributed by atoms with Crippen molar-refractivity contribution in [2.75, 3.05) is 33.5 Å². The van der Waals surface area contributed by atoms with Crippen LogP contribution in [-0.2, 0) is 17.9 Å². The van der Waals surface area contributed by atoms with Crippen LogP contribution in [0, 0.1) is 6.92 Å². The Morgan fingerprint density at radius 1 is 1.12 bits per heavy atom. The number of hydrogen-bond donors (Lipinski definition) is 2. The van der Waals surface area contributed by atoms with E-state index >= 15 is 0 Å². The fourth-order valence-electron chi connectivity index (χ4n) is 2.52. The first-order chi connectivity index (χ1) is 12.6. The van der Waals surface area contributed by atoms with E-state index in [1.807, 2.05) is 24.3 Å². The van der Waals surface area contributed by atoms with Crippen molar-refractivity contribution in [3.8, 4) is 11.5 Å². The minimum Gasteiger partial charge on any atom is -0.493 e. The molecule has 0 saturated carbocycles. The normalized spacial score (nSPS) is 10.8. The van der Waals surface area contributed by atoms with E-state index in [9.17, 15) is 0 Å². The molecule has 5 nitrogen and oxygen atoms in total. The summed E-state index contributed by atoms with van der Waals surface area (Å²) in [5.74, 6) is 1.39. The van der Waals surface area contributed by atoms with Gasteiger partial charge in [-0.05, 0) is 46.1 Å². The lowest BCUT2D eigenvalue weighted by Crippen LogP contribution is -2.20. The maximum Gasteiger partial charge on any atom is 0.175 e. The fraction of sp³-hybridized carbons (Fsp3) is 0.400. The molecule has 142 valence electrons. The summed E-state index contributed by atoms with van der Waals surface area (Å²) in [6.45, 7) is 4.94. The zero-order chi connectivity index (χ0) is 18.8. The summed E-state index contributed by atoms with van der Waals surface area (Å²) >= 11 is 3.58. The number of nitrogens with one attached hydrogen (secondary N) is 1. The van der Waals surface area contributed by atoms with Crippen LogP contribution < -0.4 is 14.8 Å². The molecule has 2 aromatic rings.